The number of hydrogen-bond acceptors (Lipinski definition) is 4. The second kappa shape index (κ2) is 9.17. The second-order valence-corrected chi connectivity index (χ2v) is 5.11. The molecular formula is C13H23N3O5. The van der Waals surface area contributed by atoms with Gasteiger partial charge in [-0.3, -0.25) is 9.59 Å². The Labute approximate surface area is 123 Å². The van der Waals surface area contributed by atoms with E-state index in [1.807, 2.05) is 0 Å². The van der Waals surface area contributed by atoms with E-state index in [0.717, 1.165) is 19.3 Å². The van der Waals surface area contributed by atoms with Crippen LogP contribution in [-0.2, 0) is 14.3 Å². The quantitative estimate of drug-likeness (QED) is 0.383. The van der Waals surface area contributed by atoms with E-state index in [0.29, 0.717) is 12.8 Å². The number of primary amides is 1. The SMILES string of the molecule is NC(=O)COCCNC(=O)NC1CCCCCC1C(=O)O. The van der Waals surface area contributed by atoms with Gasteiger partial charge in [-0.1, -0.05) is 19.3 Å². The fourth-order valence-corrected chi connectivity index (χ4v) is 2.40. The maximum absolute atomic E-state index is 11.7. The van der Waals surface area contributed by atoms with E-state index in [1.54, 1.807) is 0 Å². The number of carboxylic acid groups (broad SMARTS) is 1. The Morgan fingerprint density at radius 1 is 1.19 bits per heavy atom. The van der Waals surface area contributed by atoms with Crippen molar-refractivity contribution in [2.45, 2.75) is 38.1 Å². The number of carboxylic acids is 1. The van der Waals surface area contributed by atoms with Crippen LogP contribution in [0.2, 0.25) is 0 Å². The first-order chi connectivity index (χ1) is 10.0. The Balaban J connectivity index is 2.30. The lowest BCUT2D eigenvalue weighted by Gasteiger charge is -2.23. The third-order valence-electron chi connectivity index (χ3n) is 3.43. The Hall–Kier alpha value is -1.83. The molecule has 8 nitrogen and oxygen atoms in total. The number of aliphatic carboxylic acids is 1. The molecule has 0 aromatic carbocycles. The first kappa shape index (κ1) is 17.2. The molecule has 2 unspecified atom stereocenters. The van der Waals surface area contributed by atoms with Gasteiger partial charge >= 0.3 is 12.0 Å². The van der Waals surface area contributed by atoms with Gasteiger partial charge in [0, 0.05) is 12.6 Å². The van der Waals surface area contributed by atoms with Crippen molar-refractivity contribution in [2.75, 3.05) is 19.8 Å². The van der Waals surface area contributed by atoms with E-state index in [-0.39, 0.29) is 25.8 Å². The average molecular weight is 301 g/mol. The van der Waals surface area contributed by atoms with E-state index >= 15 is 0 Å². The molecule has 0 bridgehead atoms. The summed E-state index contributed by atoms with van der Waals surface area (Å²) in [5.74, 6) is -1.97. The van der Waals surface area contributed by atoms with Gasteiger partial charge in [0.15, 0.2) is 0 Å². The van der Waals surface area contributed by atoms with Crippen molar-refractivity contribution in [3.63, 3.8) is 0 Å². The van der Waals surface area contributed by atoms with Crippen LogP contribution in [0.3, 0.4) is 0 Å². The van der Waals surface area contributed by atoms with Gasteiger partial charge in [-0.25, -0.2) is 4.79 Å². The van der Waals surface area contributed by atoms with Crippen LogP contribution in [0.25, 0.3) is 0 Å². The number of hydrogen-bond donors (Lipinski definition) is 4. The van der Waals surface area contributed by atoms with Crippen LogP contribution in [0.15, 0.2) is 0 Å². The second-order valence-electron chi connectivity index (χ2n) is 5.11. The maximum atomic E-state index is 11.7. The average Bonchev–Trinajstić information content (AvgIpc) is 2.63. The summed E-state index contributed by atoms with van der Waals surface area (Å²) in [6.45, 7) is 0.208. The molecule has 21 heavy (non-hydrogen) atoms. The molecule has 0 aliphatic heterocycles. The van der Waals surface area contributed by atoms with Crippen molar-refractivity contribution < 1.29 is 24.2 Å². The molecule has 120 valence electrons. The number of carbonyl (C=O) groups excluding carboxylic acids is 2. The van der Waals surface area contributed by atoms with Gasteiger partial charge < -0.3 is 26.2 Å². The molecule has 8 heteroatoms. The summed E-state index contributed by atoms with van der Waals surface area (Å²) in [4.78, 5) is 33.4. The van der Waals surface area contributed by atoms with Crippen LogP contribution in [0.5, 0.6) is 0 Å². The van der Waals surface area contributed by atoms with E-state index in [9.17, 15) is 19.5 Å². The molecule has 1 fully saturated rings. The van der Waals surface area contributed by atoms with Crippen LogP contribution in [0.4, 0.5) is 4.79 Å². The highest BCUT2D eigenvalue weighted by molar-refractivity contribution is 5.76. The van der Waals surface area contributed by atoms with Crippen LogP contribution in [-0.4, -0.2) is 48.8 Å². The van der Waals surface area contributed by atoms with Gasteiger partial charge in [-0.15, -0.1) is 0 Å². The minimum absolute atomic E-state index is 0.170. The first-order valence-electron chi connectivity index (χ1n) is 7.14. The van der Waals surface area contributed by atoms with Crippen LogP contribution in [0.1, 0.15) is 32.1 Å². The molecule has 1 aliphatic carbocycles. The molecule has 0 spiro atoms. The Morgan fingerprint density at radius 2 is 1.90 bits per heavy atom. The smallest absolute Gasteiger partial charge is 0.315 e. The fraction of sp³-hybridized carbons (Fsp3) is 0.769. The Bertz CT molecular complexity index is 375. The summed E-state index contributed by atoms with van der Waals surface area (Å²) in [6.07, 6.45) is 4.03. The molecule has 1 aliphatic rings. The minimum atomic E-state index is -0.869. The zero-order valence-electron chi connectivity index (χ0n) is 12.0. The highest BCUT2D eigenvalue weighted by atomic mass is 16.5. The molecule has 1 rings (SSSR count). The number of nitrogens with two attached hydrogens (primary N) is 1. The summed E-state index contributed by atoms with van der Waals surface area (Å²) in [6, 6.07) is -0.771. The number of urea groups is 1. The predicted octanol–water partition coefficient (Wildman–Crippen LogP) is -0.179. The molecule has 0 radical (unpaired) electrons. The standard InChI is InChI=1S/C13H23N3O5/c14-11(17)8-21-7-6-15-13(20)16-10-5-3-1-2-4-9(10)12(18)19/h9-10H,1-8H2,(H2,14,17)(H,18,19)(H2,15,16,20). The molecule has 0 aromatic heterocycles. The van der Waals surface area contributed by atoms with Crippen molar-refractivity contribution in [1.82, 2.24) is 10.6 Å². The normalized spacial score (nSPS) is 22.1. The van der Waals surface area contributed by atoms with E-state index < -0.39 is 23.8 Å². The molecule has 0 saturated heterocycles. The van der Waals surface area contributed by atoms with E-state index in [1.165, 1.54) is 0 Å². The molecule has 1 saturated carbocycles. The molecule has 2 atom stereocenters. The fourth-order valence-electron chi connectivity index (χ4n) is 2.40. The highest BCUT2D eigenvalue weighted by Gasteiger charge is 2.30. The zero-order chi connectivity index (χ0) is 15.7. The molecule has 3 amide bonds. The summed E-state index contributed by atoms with van der Waals surface area (Å²) in [5, 5.41) is 14.5. The minimum Gasteiger partial charge on any atom is -0.481 e. The lowest BCUT2D eigenvalue weighted by Crippen LogP contribution is -2.47. The first-order valence-corrected chi connectivity index (χ1v) is 7.14. The van der Waals surface area contributed by atoms with Crippen molar-refractivity contribution in [3.05, 3.63) is 0 Å². The molecule has 0 aromatic rings. The summed E-state index contributed by atoms with van der Waals surface area (Å²) in [7, 11) is 0. The maximum Gasteiger partial charge on any atom is 0.315 e. The number of carbonyl (C=O) groups is 3. The number of rotatable bonds is 7. The lowest BCUT2D eigenvalue weighted by atomic mass is 9.95. The van der Waals surface area contributed by atoms with Crippen LogP contribution in [0, 0.1) is 5.92 Å². The van der Waals surface area contributed by atoms with Gasteiger partial charge in [0.2, 0.25) is 5.91 Å². The van der Waals surface area contributed by atoms with Gasteiger partial charge in [-0.05, 0) is 12.8 Å². The molecular weight excluding hydrogens is 278 g/mol. The van der Waals surface area contributed by atoms with Crippen molar-refractivity contribution in [1.29, 1.82) is 0 Å². The van der Waals surface area contributed by atoms with Gasteiger partial charge in [0.1, 0.15) is 6.61 Å². The van der Waals surface area contributed by atoms with Crippen LogP contribution < -0.4 is 16.4 Å². The Kier molecular flexibility index (Phi) is 7.52. The summed E-state index contributed by atoms with van der Waals surface area (Å²) >= 11 is 0. The monoisotopic (exact) mass is 301 g/mol. The summed E-state index contributed by atoms with van der Waals surface area (Å²) < 4.78 is 4.90. The van der Waals surface area contributed by atoms with E-state index in [4.69, 9.17) is 10.5 Å². The van der Waals surface area contributed by atoms with Crippen molar-refractivity contribution in [2.24, 2.45) is 11.7 Å². The van der Waals surface area contributed by atoms with Crippen molar-refractivity contribution in [3.8, 4) is 0 Å². The lowest BCUT2D eigenvalue weighted by molar-refractivity contribution is -0.142. The number of nitrogens with one attached hydrogen (secondary N) is 2. The highest BCUT2D eigenvalue weighted by Crippen LogP contribution is 2.23. The van der Waals surface area contributed by atoms with Crippen molar-refractivity contribution >= 4 is 17.9 Å². The van der Waals surface area contributed by atoms with Gasteiger partial charge in [-0.2, -0.15) is 0 Å². The zero-order valence-corrected chi connectivity index (χ0v) is 12.0. The molecule has 0 heterocycles. The molecule has 5 N–H and O–H groups in total. The number of ether oxygens (including phenoxy) is 1. The van der Waals surface area contributed by atoms with Gasteiger partial charge in [0.25, 0.3) is 0 Å². The predicted molar refractivity (Wildman–Crippen MR) is 74.5 cm³/mol. The summed E-state index contributed by atoms with van der Waals surface area (Å²) in [5.41, 5.74) is 4.90. The topological polar surface area (TPSA) is 131 Å². The van der Waals surface area contributed by atoms with Crippen LogP contribution >= 0.6 is 0 Å². The van der Waals surface area contributed by atoms with Gasteiger partial charge in [0.05, 0.1) is 12.5 Å². The van der Waals surface area contributed by atoms with E-state index in [2.05, 4.69) is 10.6 Å². The third-order valence-corrected chi connectivity index (χ3v) is 3.43. The third kappa shape index (κ3) is 6.94. The Morgan fingerprint density at radius 3 is 2.57 bits per heavy atom. The largest absolute Gasteiger partial charge is 0.481 e. The number of amides is 3.